The molecule has 0 bridgehead atoms. The highest BCUT2D eigenvalue weighted by molar-refractivity contribution is 5.85. The van der Waals surface area contributed by atoms with Crippen LogP contribution in [0.4, 0.5) is 4.39 Å². The molecule has 4 rings (SSSR count). The Morgan fingerprint density at radius 2 is 1.85 bits per heavy atom. The van der Waals surface area contributed by atoms with E-state index >= 15 is 0 Å². The van der Waals surface area contributed by atoms with Crippen LogP contribution in [0.2, 0.25) is 0 Å². The lowest BCUT2D eigenvalue weighted by molar-refractivity contribution is 0.329. The van der Waals surface area contributed by atoms with E-state index in [4.69, 9.17) is 9.26 Å². The number of hydrogen-bond donors (Lipinski definition) is 0. The molecule has 0 radical (unpaired) electrons. The molecule has 0 aliphatic rings. The van der Waals surface area contributed by atoms with E-state index in [0.717, 1.165) is 16.5 Å². The van der Waals surface area contributed by atoms with Gasteiger partial charge in [-0.15, -0.1) is 0 Å². The van der Waals surface area contributed by atoms with Gasteiger partial charge in [0.2, 0.25) is 11.7 Å². The monoisotopic (exact) mass is 349 g/mol. The molecule has 0 unspecified atom stereocenters. The summed E-state index contributed by atoms with van der Waals surface area (Å²) in [5, 5.41) is 5.03. The van der Waals surface area contributed by atoms with Crippen molar-refractivity contribution < 1.29 is 13.7 Å². The quantitative estimate of drug-likeness (QED) is 0.530. The Morgan fingerprint density at radius 1 is 1.04 bits per heavy atom. The number of halogens is 1. The number of benzene rings is 2. The lowest BCUT2D eigenvalue weighted by atomic mass is 10.1. The van der Waals surface area contributed by atoms with Crippen molar-refractivity contribution in [2.45, 2.75) is 13.8 Å². The van der Waals surface area contributed by atoms with Crippen LogP contribution in [0.1, 0.15) is 12.5 Å². The van der Waals surface area contributed by atoms with Crippen molar-refractivity contribution in [1.29, 1.82) is 0 Å². The van der Waals surface area contributed by atoms with Gasteiger partial charge in [-0.3, -0.25) is 0 Å². The van der Waals surface area contributed by atoms with Gasteiger partial charge in [0, 0.05) is 10.9 Å². The first kappa shape index (κ1) is 16.2. The second-order valence-electron chi connectivity index (χ2n) is 5.90. The van der Waals surface area contributed by atoms with Crippen LogP contribution >= 0.6 is 0 Å². The molecule has 0 aliphatic heterocycles. The van der Waals surface area contributed by atoms with Gasteiger partial charge in [-0.25, -0.2) is 9.37 Å². The third-order valence-corrected chi connectivity index (χ3v) is 3.97. The highest BCUT2D eigenvalue weighted by Gasteiger charge is 2.17. The van der Waals surface area contributed by atoms with E-state index in [1.54, 1.807) is 12.1 Å². The molecular weight excluding hydrogens is 333 g/mol. The zero-order chi connectivity index (χ0) is 18.1. The van der Waals surface area contributed by atoms with Crippen molar-refractivity contribution in [3.63, 3.8) is 0 Å². The first-order valence-electron chi connectivity index (χ1n) is 8.28. The summed E-state index contributed by atoms with van der Waals surface area (Å²) < 4.78 is 24.1. The lowest BCUT2D eigenvalue weighted by Gasteiger charge is -2.08. The fraction of sp³-hybridized carbons (Fsp3) is 0.150. The number of aromatic nitrogens is 3. The molecule has 2 heterocycles. The first-order chi connectivity index (χ1) is 12.6. The Morgan fingerprint density at radius 3 is 2.62 bits per heavy atom. The normalized spacial score (nSPS) is 11.0. The maximum atomic E-state index is 13.1. The average molecular weight is 349 g/mol. The van der Waals surface area contributed by atoms with Crippen molar-refractivity contribution in [2.75, 3.05) is 6.61 Å². The topological polar surface area (TPSA) is 61.0 Å². The Balaban J connectivity index is 1.82. The maximum Gasteiger partial charge on any atom is 0.258 e. The van der Waals surface area contributed by atoms with Gasteiger partial charge >= 0.3 is 0 Å². The van der Waals surface area contributed by atoms with Crippen LogP contribution < -0.4 is 4.74 Å². The second kappa shape index (κ2) is 6.55. The number of pyridine rings is 1. The molecule has 130 valence electrons. The second-order valence-corrected chi connectivity index (χ2v) is 5.90. The molecule has 0 spiro atoms. The Hall–Kier alpha value is -3.28. The summed E-state index contributed by atoms with van der Waals surface area (Å²) >= 11 is 0. The van der Waals surface area contributed by atoms with Crippen LogP contribution in [0.3, 0.4) is 0 Å². The minimum absolute atomic E-state index is 0.312. The number of rotatable bonds is 4. The summed E-state index contributed by atoms with van der Waals surface area (Å²) in [4.78, 5) is 9.01. The minimum Gasteiger partial charge on any atom is -0.477 e. The van der Waals surface area contributed by atoms with E-state index in [2.05, 4.69) is 15.1 Å². The summed E-state index contributed by atoms with van der Waals surface area (Å²) in [6, 6.07) is 13.8. The molecule has 0 saturated heterocycles. The van der Waals surface area contributed by atoms with Crippen LogP contribution in [0.15, 0.2) is 53.1 Å². The van der Waals surface area contributed by atoms with Gasteiger partial charge in [-0.05, 0) is 56.3 Å². The van der Waals surface area contributed by atoms with E-state index in [1.807, 2.05) is 38.1 Å². The number of ether oxygens (including phenoxy) is 1. The van der Waals surface area contributed by atoms with Gasteiger partial charge in [-0.1, -0.05) is 16.8 Å². The zero-order valence-electron chi connectivity index (χ0n) is 14.4. The molecule has 0 saturated carbocycles. The number of hydrogen-bond acceptors (Lipinski definition) is 5. The summed E-state index contributed by atoms with van der Waals surface area (Å²) in [7, 11) is 0. The molecule has 0 amide bonds. The smallest absolute Gasteiger partial charge is 0.258 e. The summed E-state index contributed by atoms with van der Waals surface area (Å²) in [6.45, 7) is 4.39. The van der Waals surface area contributed by atoms with Gasteiger partial charge in [0.1, 0.15) is 5.82 Å². The molecule has 4 aromatic rings. The van der Waals surface area contributed by atoms with Crippen molar-refractivity contribution in [3.05, 3.63) is 59.9 Å². The summed E-state index contributed by atoms with van der Waals surface area (Å²) in [6.07, 6.45) is 0. The predicted molar refractivity (Wildman–Crippen MR) is 96.3 cm³/mol. The van der Waals surface area contributed by atoms with Crippen LogP contribution in [-0.4, -0.2) is 21.7 Å². The van der Waals surface area contributed by atoms with E-state index in [-0.39, 0.29) is 5.82 Å². The average Bonchev–Trinajstić information content (AvgIpc) is 3.12. The minimum atomic E-state index is -0.318. The Bertz CT molecular complexity index is 1070. The van der Waals surface area contributed by atoms with Crippen LogP contribution in [0.5, 0.6) is 5.88 Å². The van der Waals surface area contributed by atoms with E-state index < -0.39 is 0 Å². The molecule has 0 N–H and O–H groups in total. The van der Waals surface area contributed by atoms with Crippen molar-refractivity contribution in [2.24, 2.45) is 0 Å². The first-order valence-corrected chi connectivity index (χ1v) is 8.28. The molecule has 0 aliphatic carbocycles. The van der Waals surface area contributed by atoms with Gasteiger partial charge < -0.3 is 9.26 Å². The maximum absolute atomic E-state index is 13.1. The highest BCUT2D eigenvalue weighted by Crippen LogP contribution is 2.31. The fourth-order valence-electron chi connectivity index (χ4n) is 2.73. The third-order valence-electron chi connectivity index (χ3n) is 3.97. The molecule has 26 heavy (non-hydrogen) atoms. The van der Waals surface area contributed by atoms with Crippen LogP contribution in [0.25, 0.3) is 33.7 Å². The molecule has 5 nitrogen and oxygen atoms in total. The van der Waals surface area contributed by atoms with Crippen molar-refractivity contribution in [3.8, 4) is 28.7 Å². The standard InChI is InChI=1S/C20H16FN3O2/c1-3-25-20-16(11-14-10-12(2)4-9-17(14)22-20)18-23-19(26-24-18)13-5-7-15(21)8-6-13/h4-11H,3H2,1-2H3. The summed E-state index contributed by atoms with van der Waals surface area (Å²) in [5.74, 6) is 0.826. The van der Waals surface area contributed by atoms with Gasteiger partial charge in [-0.2, -0.15) is 4.98 Å². The number of nitrogens with zero attached hydrogens (tertiary/aromatic N) is 3. The third kappa shape index (κ3) is 3.01. The van der Waals surface area contributed by atoms with Gasteiger partial charge in [0.25, 0.3) is 5.89 Å². The number of fused-ring (bicyclic) bond motifs is 1. The Kier molecular flexibility index (Phi) is 4.08. The Labute approximate surface area is 149 Å². The fourth-order valence-corrected chi connectivity index (χ4v) is 2.73. The number of aryl methyl sites for hydroxylation is 1. The highest BCUT2D eigenvalue weighted by atomic mass is 19.1. The molecule has 0 fully saturated rings. The van der Waals surface area contributed by atoms with Gasteiger partial charge in [0.05, 0.1) is 17.7 Å². The predicted octanol–water partition coefficient (Wildman–Crippen LogP) is 4.80. The van der Waals surface area contributed by atoms with Gasteiger partial charge in [0.15, 0.2) is 0 Å². The molecule has 2 aromatic heterocycles. The van der Waals surface area contributed by atoms with Crippen LogP contribution in [-0.2, 0) is 0 Å². The SMILES string of the molecule is CCOc1nc2ccc(C)cc2cc1-c1noc(-c2ccc(F)cc2)n1. The summed E-state index contributed by atoms with van der Waals surface area (Å²) in [5.41, 5.74) is 3.27. The zero-order valence-corrected chi connectivity index (χ0v) is 14.4. The largest absolute Gasteiger partial charge is 0.477 e. The van der Waals surface area contributed by atoms with E-state index in [0.29, 0.717) is 35.3 Å². The lowest BCUT2D eigenvalue weighted by Crippen LogP contribution is -1.98. The molecule has 0 atom stereocenters. The van der Waals surface area contributed by atoms with E-state index in [1.165, 1.54) is 12.1 Å². The molecule has 2 aromatic carbocycles. The van der Waals surface area contributed by atoms with Crippen molar-refractivity contribution >= 4 is 10.9 Å². The molecular formula is C20H16FN3O2. The van der Waals surface area contributed by atoms with E-state index in [9.17, 15) is 4.39 Å². The van der Waals surface area contributed by atoms with Crippen LogP contribution in [0, 0.1) is 12.7 Å². The van der Waals surface area contributed by atoms with Crippen molar-refractivity contribution in [1.82, 2.24) is 15.1 Å². The molecule has 6 heteroatoms.